The lowest BCUT2D eigenvalue weighted by molar-refractivity contribution is -0.0578. The van der Waals surface area contributed by atoms with Crippen molar-refractivity contribution in [2.45, 2.75) is 31.1 Å². The summed E-state index contributed by atoms with van der Waals surface area (Å²) in [6.07, 6.45) is 4.13. The number of hydrogen-bond acceptors (Lipinski definition) is 3. The molecule has 3 heteroatoms. The van der Waals surface area contributed by atoms with Gasteiger partial charge >= 0.3 is 0 Å². The first kappa shape index (κ1) is 12.5. The molecule has 0 bridgehead atoms. The van der Waals surface area contributed by atoms with Crippen molar-refractivity contribution in [3.8, 4) is 11.8 Å². The molecule has 1 heterocycles. The number of rotatable bonds is 2. The third kappa shape index (κ3) is 2.01. The van der Waals surface area contributed by atoms with Gasteiger partial charge in [-0.1, -0.05) is 12.1 Å². The van der Waals surface area contributed by atoms with Gasteiger partial charge in [0.05, 0.1) is 18.6 Å². The number of methoxy groups -OCH3 is 1. The molecule has 2 fully saturated rings. The van der Waals surface area contributed by atoms with Gasteiger partial charge in [-0.05, 0) is 48.8 Å². The average Bonchev–Trinajstić information content (AvgIpc) is 2.45. The van der Waals surface area contributed by atoms with Crippen molar-refractivity contribution >= 4 is 0 Å². The first-order valence-electron chi connectivity index (χ1n) is 6.86. The second kappa shape index (κ2) is 4.54. The zero-order chi connectivity index (χ0) is 13.3. The minimum Gasteiger partial charge on any atom is -0.497 e. The molecule has 1 aromatic carbocycles. The molecule has 0 N–H and O–H groups in total. The number of benzene rings is 1. The summed E-state index contributed by atoms with van der Waals surface area (Å²) in [5, 5.41) is 9.65. The zero-order valence-corrected chi connectivity index (χ0v) is 11.3. The minimum atomic E-state index is -0.314. The van der Waals surface area contributed by atoms with Gasteiger partial charge in [-0.25, -0.2) is 0 Å². The first-order chi connectivity index (χ1) is 9.22. The van der Waals surface area contributed by atoms with E-state index in [9.17, 15) is 5.26 Å². The fraction of sp³-hybridized carbons (Fsp3) is 0.562. The van der Waals surface area contributed by atoms with E-state index in [0.717, 1.165) is 50.2 Å². The van der Waals surface area contributed by atoms with Crippen molar-refractivity contribution in [1.82, 2.24) is 0 Å². The van der Waals surface area contributed by atoms with Gasteiger partial charge in [0, 0.05) is 13.2 Å². The third-order valence-corrected chi connectivity index (χ3v) is 4.74. The normalized spacial score (nSPS) is 23.4. The van der Waals surface area contributed by atoms with Crippen LogP contribution in [0.5, 0.6) is 5.75 Å². The molecule has 2 aliphatic rings. The highest BCUT2D eigenvalue weighted by atomic mass is 16.5. The van der Waals surface area contributed by atoms with Gasteiger partial charge in [0.25, 0.3) is 0 Å². The highest BCUT2D eigenvalue weighted by molar-refractivity contribution is 5.42. The van der Waals surface area contributed by atoms with Crippen LogP contribution in [-0.2, 0) is 10.2 Å². The zero-order valence-electron chi connectivity index (χ0n) is 11.3. The van der Waals surface area contributed by atoms with Gasteiger partial charge in [0.2, 0.25) is 0 Å². The summed E-state index contributed by atoms with van der Waals surface area (Å²) in [7, 11) is 1.67. The van der Waals surface area contributed by atoms with E-state index in [-0.39, 0.29) is 5.41 Å². The summed E-state index contributed by atoms with van der Waals surface area (Å²) in [6.45, 7) is 1.69. The van der Waals surface area contributed by atoms with E-state index in [1.807, 2.05) is 18.2 Å². The minimum absolute atomic E-state index is 0.314. The number of nitrogens with zero attached hydrogens (tertiary/aromatic N) is 1. The summed E-state index contributed by atoms with van der Waals surface area (Å²) < 4.78 is 10.7. The van der Waals surface area contributed by atoms with Gasteiger partial charge in [-0.3, -0.25) is 0 Å². The maximum atomic E-state index is 9.65. The molecule has 1 saturated heterocycles. The fourth-order valence-corrected chi connectivity index (χ4v) is 3.65. The van der Waals surface area contributed by atoms with Crippen LogP contribution in [0.25, 0.3) is 0 Å². The molecule has 1 aliphatic heterocycles. The lowest BCUT2D eigenvalue weighted by Crippen LogP contribution is -2.51. The summed E-state index contributed by atoms with van der Waals surface area (Å²) in [4.78, 5) is 0. The predicted molar refractivity (Wildman–Crippen MR) is 72.0 cm³/mol. The maximum Gasteiger partial charge on any atom is 0.119 e. The van der Waals surface area contributed by atoms with E-state index in [1.54, 1.807) is 7.11 Å². The number of hydrogen-bond donors (Lipinski definition) is 0. The molecule has 0 aromatic heterocycles. The summed E-state index contributed by atoms with van der Waals surface area (Å²) in [5.41, 5.74) is 1.13. The molecule has 3 nitrogen and oxygen atoms in total. The Morgan fingerprint density at radius 1 is 1.26 bits per heavy atom. The average molecular weight is 257 g/mol. The molecule has 19 heavy (non-hydrogen) atoms. The Hall–Kier alpha value is -1.53. The van der Waals surface area contributed by atoms with Gasteiger partial charge in [-0.2, -0.15) is 5.26 Å². The number of ether oxygens (including phenoxy) is 2. The lowest BCUT2D eigenvalue weighted by Gasteiger charge is -2.55. The molecule has 1 aromatic rings. The second-order valence-corrected chi connectivity index (χ2v) is 5.89. The van der Waals surface area contributed by atoms with E-state index in [2.05, 4.69) is 12.1 Å². The topological polar surface area (TPSA) is 42.2 Å². The summed E-state index contributed by atoms with van der Waals surface area (Å²) >= 11 is 0. The van der Waals surface area contributed by atoms with E-state index in [4.69, 9.17) is 9.47 Å². The van der Waals surface area contributed by atoms with Crippen LogP contribution >= 0.6 is 0 Å². The van der Waals surface area contributed by atoms with Crippen LogP contribution in [0.2, 0.25) is 0 Å². The molecule has 0 amide bonds. The Morgan fingerprint density at radius 2 is 2.00 bits per heavy atom. The number of nitriles is 1. The van der Waals surface area contributed by atoms with Crippen LogP contribution in [0.15, 0.2) is 24.3 Å². The Bertz CT molecular complexity index is 504. The highest BCUT2D eigenvalue weighted by Gasteiger charge is 2.56. The molecule has 3 rings (SSSR count). The third-order valence-electron chi connectivity index (χ3n) is 4.74. The van der Waals surface area contributed by atoms with Crippen LogP contribution in [0.3, 0.4) is 0 Å². The highest BCUT2D eigenvalue weighted by Crippen LogP contribution is 2.60. The largest absolute Gasteiger partial charge is 0.497 e. The Balaban J connectivity index is 1.84. The molecule has 0 unspecified atom stereocenters. The maximum absolute atomic E-state index is 9.65. The van der Waals surface area contributed by atoms with Gasteiger partial charge in [0.15, 0.2) is 0 Å². The predicted octanol–water partition coefficient (Wildman–Crippen LogP) is 3.05. The summed E-state index contributed by atoms with van der Waals surface area (Å²) in [6, 6.07) is 10.5. The lowest BCUT2D eigenvalue weighted by atomic mass is 9.48. The van der Waals surface area contributed by atoms with Gasteiger partial charge < -0.3 is 9.47 Å². The van der Waals surface area contributed by atoms with Crippen molar-refractivity contribution in [2.75, 3.05) is 20.3 Å². The molecule has 1 aliphatic carbocycles. The molecular weight excluding hydrogens is 238 g/mol. The molecule has 0 radical (unpaired) electrons. The molecule has 1 spiro atoms. The van der Waals surface area contributed by atoms with E-state index < -0.39 is 0 Å². The van der Waals surface area contributed by atoms with Crippen molar-refractivity contribution in [3.63, 3.8) is 0 Å². The fourth-order valence-electron chi connectivity index (χ4n) is 3.65. The second-order valence-electron chi connectivity index (χ2n) is 5.89. The van der Waals surface area contributed by atoms with E-state index in [1.165, 1.54) is 0 Å². The van der Waals surface area contributed by atoms with Crippen LogP contribution < -0.4 is 4.74 Å². The molecule has 100 valence electrons. The first-order valence-corrected chi connectivity index (χ1v) is 6.86. The Kier molecular flexibility index (Phi) is 2.99. The monoisotopic (exact) mass is 257 g/mol. The molecule has 0 atom stereocenters. The van der Waals surface area contributed by atoms with Gasteiger partial charge in [-0.15, -0.1) is 0 Å². The SMILES string of the molecule is COc1cccc(C2(C#N)CC3(CCOCC3)C2)c1. The van der Waals surface area contributed by atoms with Crippen molar-refractivity contribution in [2.24, 2.45) is 5.41 Å². The van der Waals surface area contributed by atoms with Crippen LogP contribution in [-0.4, -0.2) is 20.3 Å². The summed E-state index contributed by atoms with van der Waals surface area (Å²) in [5.74, 6) is 0.833. The Labute approximate surface area is 114 Å². The standard InChI is InChI=1S/C16H19NO2/c1-18-14-4-2-3-13(9-14)16(12-17)10-15(11-16)5-7-19-8-6-15/h2-4,9H,5-8,10-11H2,1H3. The van der Waals surface area contributed by atoms with Gasteiger partial charge in [0.1, 0.15) is 5.75 Å². The van der Waals surface area contributed by atoms with Crippen LogP contribution in [0, 0.1) is 16.7 Å². The molecule has 1 saturated carbocycles. The van der Waals surface area contributed by atoms with Crippen molar-refractivity contribution in [3.05, 3.63) is 29.8 Å². The molecular formula is C16H19NO2. The Morgan fingerprint density at radius 3 is 2.63 bits per heavy atom. The van der Waals surface area contributed by atoms with Crippen molar-refractivity contribution in [1.29, 1.82) is 5.26 Å². The van der Waals surface area contributed by atoms with E-state index >= 15 is 0 Å². The quantitative estimate of drug-likeness (QED) is 0.817. The van der Waals surface area contributed by atoms with E-state index in [0.29, 0.717) is 5.41 Å². The van der Waals surface area contributed by atoms with Crippen LogP contribution in [0.1, 0.15) is 31.2 Å². The van der Waals surface area contributed by atoms with Crippen LogP contribution in [0.4, 0.5) is 0 Å². The smallest absolute Gasteiger partial charge is 0.119 e. The van der Waals surface area contributed by atoms with Crippen molar-refractivity contribution < 1.29 is 9.47 Å².